The number of non-ortho nitro benzene ring substituents is 2. The van der Waals surface area contributed by atoms with Gasteiger partial charge in [-0.1, -0.05) is 84.9 Å². The highest BCUT2D eigenvalue weighted by Gasteiger charge is 2.45. The zero-order valence-corrected chi connectivity index (χ0v) is 24.7. The molecule has 4 atom stereocenters. The Hall–Kier alpha value is -5.64. The summed E-state index contributed by atoms with van der Waals surface area (Å²) in [5.41, 5.74) is 2.93. The van der Waals surface area contributed by atoms with Crippen molar-refractivity contribution in [2.75, 3.05) is 0 Å². The molecule has 0 saturated carbocycles. The second-order valence-electron chi connectivity index (χ2n) is 11.1. The Bertz CT molecular complexity index is 1590. The van der Waals surface area contributed by atoms with Crippen molar-refractivity contribution in [1.29, 1.82) is 5.26 Å². The van der Waals surface area contributed by atoms with Crippen LogP contribution in [0.25, 0.3) is 0 Å². The van der Waals surface area contributed by atoms with Crippen LogP contribution in [-0.2, 0) is 25.9 Å². The number of nitro benzene ring substituents is 2. The number of aliphatic hydroxyl groups is 2. The molecule has 5 rings (SSSR count). The number of aliphatic imine (C=N–C) groups is 1. The molecule has 1 aliphatic rings. The fraction of sp³-hybridized carbons (Fsp3) is 0.235. The minimum atomic E-state index is -1.31. The van der Waals surface area contributed by atoms with Crippen LogP contribution in [0.1, 0.15) is 22.3 Å². The van der Waals surface area contributed by atoms with Gasteiger partial charge in [-0.25, -0.2) is 0 Å². The van der Waals surface area contributed by atoms with Gasteiger partial charge in [0.15, 0.2) is 0 Å². The zero-order valence-electron chi connectivity index (χ0n) is 24.7. The number of benzene rings is 4. The number of nitrogens with zero attached hydrogens (tertiary/aromatic N) is 6. The highest BCUT2D eigenvalue weighted by atomic mass is 16.6. The van der Waals surface area contributed by atoms with Gasteiger partial charge in [0.25, 0.3) is 11.4 Å². The number of nitro groups is 2. The Balaban J connectivity index is 1.64. The molecule has 12 nitrogen and oxygen atoms in total. The highest BCUT2D eigenvalue weighted by Crippen LogP contribution is 2.31. The molecule has 12 heteroatoms. The summed E-state index contributed by atoms with van der Waals surface area (Å²) in [6.07, 6.45) is -0.126. The summed E-state index contributed by atoms with van der Waals surface area (Å²) in [7, 11) is 0. The van der Waals surface area contributed by atoms with E-state index < -0.39 is 34.1 Å². The molecule has 0 aliphatic carbocycles. The minimum absolute atomic E-state index is 0.0791. The van der Waals surface area contributed by atoms with Crippen LogP contribution in [0.15, 0.2) is 114 Å². The summed E-state index contributed by atoms with van der Waals surface area (Å²) in [6.45, 7) is 0.212. The van der Waals surface area contributed by atoms with Crippen LogP contribution in [0.2, 0.25) is 0 Å². The number of aliphatic hydroxyl groups excluding tert-OH is 2. The average Bonchev–Trinajstić information content (AvgIpc) is 3.13. The van der Waals surface area contributed by atoms with Crippen molar-refractivity contribution in [2.45, 2.75) is 50.2 Å². The van der Waals surface area contributed by atoms with Gasteiger partial charge >= 0.3 is 0 Å². The predicted octanol–water partition coefficient (Wildman–Crippen LogP) is 4.60. The number of hydrogen-bond acceptors (Lipinski definition) is 8. The third-order valence-corrected chi connectivity index (χ3v) is 8.18. The molecular weight excluding hydrogens is 588 g/mol. The van der Waals surface area contributed by atoms with Crippen LogP contribution < -0.4 is 0 Å². The van der Waals surface area contributed by atoms with Crippen molar-refractivity contribution in [3.63, 3.8) is 0 Å². The normalized spacial score (nSPS) is 19.6. The van der Waals surface area contributed by atoms with E-state index in [-0.39, 0.29) is 30.4 Å². The molecule has 46 heavy (non-hydrogen) atoms. The van der Waals surface area contributed by atoms with E-state index >= 15 is 0 Å². The molecule has 1 aliphatic heterocycles. The van der Waals surface area contributed by atoms with Crippen molar-refractivity contribution >= 4 is 17.3 Å². The molecule has 4 aromatic carbocycles. The number of hydrogen-bond donors (Lipinski definition) is 2. The molecule has 0 radical (unpaired) electrons. The lowest BCUT2D eigenvalue weighted by Gasteiger charge is -2.38. The molecule has 4 aromatic rings. The van der Waals surface area contributed by atoms with Gasteiger partial charge in [-0.05, 0) is 35.1 Å². The van der Waals surface area contributed by atoms with Crippen LogP contribution in [0.3, 0.4) is 0 Å². The second kappa shape index (κ2) is 14.4. The largest absolute Gasteiger partial charge is 0.388 e. The lowest BCUT2D eigenvalue weighted by Crippen LogP contribution is -2.51. The third kappa shape index (κ3) is 7.35. The summed E-state index contributed by atoms with van der Waals surface area (Å²) < 4.78 is 0. The van der Waals surface area contributed by atoms with Crippen molar-refractivity contribution in [1.82, 2.24) is 9.80 Å². The smallest absolute Gasteiger partial charge is 0.269 e. The van der Waals surface area contributed by atoms with Gasteiger partial charge in [0, 0.05) is 37.4 Å². The maximum Gasteiger partial charge on any atom is 0.269 e. The quantitative estimate of drug-likeness (QED) is 0.146. The molecule has 1 heterocycles. The fourth-order valence-electron chi connectivity index (χ4n) is 5.85. The van der Waals surface area contributed by atoms with Crippen molar-refractivity contribution < 1.29 is 20.1 Å². The van der Waals surface area contributed by atoms with Crippen LogP contribution >= 0.6 is 0 Å². The van der Waals surface area contributed by atoms with E-state index in [9.17, 15) is 35.7 Å². The van der Waals surface area contributed by atoms with Crippen molar-refractivity contribution in [3.05, 3.63) is 152 Å². The number of guanidine groups is 1. The van der Waals surface area contributed by atoms with Crippen LogP contribution in [-0.4, -0.2) is 60.1 Å². The van der Waals surface area contributed by atoms with Crippen LogP contribution in [0.5, 0.6) is 0 Å². The highest BCUT2D eigenvalue weighted by molar-refractivity contribution is 5.82. The standard InChI is InChI=1S/C34H32N6O6/c35-23-36-34-37(21-26-11-15-28(16-12-26)39(43)44)30(19-24-7-3-1-4-8-24)32(41)33(42)31(20-25-9-5-2-6-10-25)38(34)22-27-13-17-29(18-14-27)40(45)46/h1-18,30-33,41-42H,19-22H2/t30-,31-,32+,33+/m1/s1. The molecule has 1 saturated heterocycles. The SMILES string of the molecule is N#CN=C1N(Cc2ccc([N+](=O)[O-])cc2)[C@H](Cc2ccccc2)[C@H](O)[C@@H](O)[C@@H](Cc2ccccc2)N1Cc1ccc([N+](=O)[O-])cc1. The van der Waals surface area contributed by atoms with Gasteiger partial charge in [-0.2, -0.15) is 5.26 Å². The second-order valence-corrected chi connectivity index (χ2v) is 11.1. The van der Waals surface area contributed by atoms with E-state index in [0.717, 1.165) is 11.1 Å². The lowest BCUT2D eigenvalue weighted by molar-refractivity contribution is -0.385. The average molecular weight is 621 g/mol. The van der Waals surface area contributed by atoms with E-state index in [1.165, 1.54) is 24.3 Å². The van der Waals surface area contributed by atoms with E-state index in [0.29, 0.717) is 24.0 Å². The van der Waals surface area contributed by atoms with Gasteiger partial charge < -0.3 is 20.0 Å². The molecule has 0 aromatic heterocycles. The first-order chi connectivity index (χ1) is 22.2. The summed E-state index contributed by atoms with van der Waals surface area (Å²) in [5.74, 6) is 0.191. The first-order valence-electron chi connectivity index (χ1n) is 14.7. The van der Waals surface area contributed by atoms with Gasteiger partial charge in [0.2, 0.25) is 12.2 Å². The maximum atomic E-state index is 11.9. The van der Waals surface area contributed by atoms with Gasteiger partial charge in [0.1, 0.15) is 12.2 Å². The Morgan fingerprint density at radius 3 is 1.33 bits per heavy atom. The Morgan fingerprint density at radius 1 is 0.630 bits per heavy atom. The first kappa shape index (κ1) is 31.8. The molecule has 0 amide bonds. The Kier molecular flexibility index (Phi) is 9.97. The first-order valence-corrected chi connectivity index (χ1v) is 14.7. The monoisotopic (exact) mass is 620 g/mol. The molecular formula is C34H32N6O6. The van der Waals surface area contributed by atoms with Crippen LogP contribution in [0.4, 0.5) is 11.4 Å². The van der Waals surface area contributed by atoms with Gasteiger partial charge in [-0.3, -0.25) is 20.2 Å². The van der Waals surface area contributed by atoms with E-state index in [1.807, 2.05) is 66.9 Å². The van der Waals surface area contributed by atoms with E-state index in [2.05, 4.69) is 4.99 Å². The predicted molar refractivity (Wildman–Crippen MR) is 170 cm³/mol. The molecule has 1 fully saturated rings. The zero-order chi connectivity index (χ0) is 32.6. The molecule has 234 valence electrons. The Labute approximate surface area is 265 Å². The molecule has 2 N–H and O–H groups in total. The minimum Gasteiger partial charge on any atom is -0.388 e. The van der Waals surface area contributed by atoms with E-state index in [4.69, 9.17) is 0 Å². The van der Waals surface area contributed by atoms with Crippen molar-refractivity contribution in [3.8, 4) is 6.19 Å². The van der Waals surface area contributed by atoms with Gasteiger partial charge in [-0.15, -0.1) is 4.99 Å². The summed E-state index contributed by atoms with van der Waals surface area (Å²) in [5, 5.41) is 56.5. The fourth-order valence-corrected chi connectivity index (χ4v) is 5.85. The lowest BCUT2D eigenvalue weighted by atomic mass is 9.91. The maximum absolute atomic E-state index is 11.9. The van der Waals surface area contributed by atoms with E-state index in [1.54, 1.807) is 34.1 Å². The number of rotatable bonds is 10. The Morgan fingerprint density at radius 2 is 1.00 bits per heavy atom. The van der Waals surface area contributed by atoms with Crippen molar-refractivity contribution in [2.24, 2.45) is 4.99 Å². The summed E-state index contributed by atoms with van der Waals surface area (Å²) in [4.78, 5) is 29.5. The van der Waals surface area contributed by atoms with Crippen LogP contribution in [0, 0.1) is 31.7 Å². The molecule has 0 unspecified atom stereocenters. The summed E-state index contributed by atoms with van der Waals surface area (Å²) >= 11 is 0. The van der Waals surface area contributed by atoms with Gasteiger partial charge in [0.05, 0.1) is 21.9 Å². The topological polar surface area (TPSA) is 169 Å². The number of nitriles is 1. The molecule has 0 spiro atoms. The third-order valence-electron chi connectivity index (χ3n) is 8.18. The molecule has 0 bridgehead atoms. The summed E-state index contributed by atoms with van der Waals surface area (Å²) in [6, 6.07) is 29.3.